The molecule has 43 heavy (non-hydrogen) atoms. The van der Waals surface area contributed by atoms with Crippen molar-refractivity contribution in [2.24, 2.45) is 5.73 Å². The minimum absolute atomic E-state index is 0.108. The van der Waals surface area contributed by atoms with Gasteiger partial charge in [0.1, 0.15) is 54.3 Å². The van der Waals surface area contributed by atoms with E-state index in [9.17, 15) is 9.59 Å². The van der Waals surface area contributed by atoms with E-state index in [1.807, 2.05) is 54.6 Å². The number of benzene rings is 3. The first-order valence-corrected chi connectivity index (χ1v) is 13.9. The van der Waals surface area contributed by atoms with Crippen molar-refractivity contribution in [2.75, 3.05) is 18.1 Å². The van der Waals surface area contributed by atoms with Crippen LogP contribution in [0.25, 0.3) is 11.3 Å². The third-order valence-corrected chi connectivity index (χ3v) is 5.92. The number of carbonyl (C=O) groups excluding carboxylic acids is 2. The zero-order valence-corrected chi connectivity index (χ0v) is 24.7. The first-order chi connectivity index (χ1) is 20.6. The van der Waals surface area contributed by atoms with Gasteiger partial charge in [-0.2, -0.15) is 0 Å². The van der Waals surface area contributed by atoms with Gasteiger partial charge in [0.05, 0.1) is 12.2 Å². The molecule has 1 aromatic heterocycles. The van der Waals surface area contributed by atoms with E-state index in [4.69, 9.17) is 24.7 Å². The third kappa shape index (κ3) is 9.54. The molecule has 10 nitrogen and oxygen atoms in total. The minimum atomic E-state index is -0.754. The van der Waals surface area contributed by atoms with Crippen molar-refractivity contribution < 1.29 is 28.5 Å². The number of rotatable bonds is 11. The van der Waals surface area contributed by atoms with Crippen molar-refractivity contribution in [3.05, 3.63) is 96.8 Å². The zero-order chi connectivity index (χ0) is 30.8. The molecule has 0 bridgehead atoms. The first kappa shape index (κ1) is 31.0. The highest BCUT2D eigenvalue weighted by Crippen LogP contribution is 2.25. The monoisotopic (exact) mass is 584 g/mol. The SMILES string of the molecule is C[C@H](N)C(=O)Oc1cccc(OCCN(C(=O)OC(C)(C)C)c2cc(-c3ccc(OCc4ccccc4)cc3)ncn2)c1. The molecule has 4 rings (SSSR count). The number of nitrogens with two attached hydrogens (primary N) is 1. The number of anilines is 1. The van der Waals surface area contributed by atoms with E-state index in [2.05, 4.69) is 9.97 Å². The molecule has 224 valence electrons. The Hall–Kier alpha value is -4.96. The van der Waals surface area contributed by atoms with Gasteiger partial charge in [-0.05, 0) is 69.7 Å². The van der Waals surface area contributed by atoms with Crippen molar-refractivity contribution in [1.82, 2.24) is 9.97 Å². The molecule has 10 heteroatoms. The molecule has 0 aliphatic heterocycles. The summed E-state index contributed by atoms with van der Waals surface area (Å²) < 4.78 is 22.7. The predicted molar refractivity (Wildman–Crippen MR) is 163 cm³/mol. The highest BCUT2D eigenvalue weighted by Gasteiger charge is 2.25. The van der Waals surface area contributed by atoms with E-state index in [0.29, 0.717) is 29.6 Å². The number of esters is 1. The van der Waals surface area contributed by atoms with Gasteiger partial charge >= 0.3 is 12.1 Å². The summed E-state index contributed by atoms with van der Waals surface area (Å²) >= 11 is 0. The highest BCUT2D eigenvalue weighted by molar-refractivity contribution is 5.87. The van der Waals surface area contributed by atoms with Crippen molar-refractivity contribution in [3.8, 4) is 28.5 Å². The van der Waals surface area contributed by atoms with Gasteiger partial charge in [0.25, 0.3) is 0 Å². The normalized spacial score (nSPS) is 11.7. The Morgan fingerprint density at radius 1 is 0.860 bits per heavy atom. The van der Waals surface area contributed by atoms with Gasteiger partial charge in [-0.25, -0.2) is 19.6 Å². The van der Waals surface area contributed by atoms with Gasteiger partial charge in [-0.15, -0.1) is 0 Å². The fourth-order valence-corrected chi connectivity index (χ4v) is 3.82. The van der Waals surface area contributed by atoms with Crippen LogP contribution in [0.3, 0.4) is 0 Å². The lowest BCUT2D eigenvalue weighted by Gasteiger charge is -2.27. The maximum atomic E-state index is 13.2. The highest BCUT2D eigenvalue weighted by atomic mass is 16.6. The molecule has 2 N–H and O–H groups in total. The Bertz CT molecular complexity index is 1500. The van der Waals surface area contributed by atoms with Gasteiger partial charge in [-0.3, -0.25) is 4.90 Å². The second-order valence-corrected chi connectivity index (χ2v) is 10.7. The van der Waals surface area contributed by atoms with Gasteiger partial charge in [0.15, 0.2) is 0 Å². The molecule has 0 aliphatic rings. The Labute approximate surface area is 251 Å². The molecular weight excluding hydrogens is 548 g/mol. The van der Waals surface area contributed by atoms with Crippen LogP contribution in [0, 0.1) is 0 Å². The summed E-state index contributed by atoms with van der Waals surface area (Å²) in [4.78, 5) is 35.2. The average molecular weight is 585 g/mol. The molecule has 0 saturated heterocycles. The number of hydrogen-bond donors (Lipinski definition) is 1. The molecule has 0 fully saturated rings. The number of nitrogens with zero attached hydrogens (tertiary/aromatic N) is 3. The number of ether oxygens (including phenoxy) is 4. The third-order valence-electron chi connectivity index (χ3n) is 5.92. The van der Waals surface area contributed by atoms with Crippen LogP contribution in [0.4, 0.5) is 10.6 Å². The van der Waals surface area contributed by atoms with Crippen LogP contribution in [0.1, 0.15) is 33.3 Å². The minimum Gasteiger partial charge on any atom is -0.492 e. The molecule has 0 saturated carbocycles. The molecule has 1 heterocycles. The average Bonchev–Trinajstić information content (AvgIpc) is 2.98. The number of carbonyl (C=O) groups is 2. The standard InChI is InChI=1S/C33H36N4O6/c1-23(34)31(38)42-28-12-8-11-27(19-28)40-18-17-37(32(39)43-33(2,3)4)30-20-29(35-22-36-30)25-13-15-26(16-14-25)41-21-24-9-6-5-7-10-24/h5-16,19-20,22-23H,17-18,21,34H2,1-4H3/t23-/m0/s1. The van der Waals surface area contributed by atoms with E-state index in [0.717, 1.165) is 16.9 Å². The summed E-state index contributed by atoms with van der Waals surface area (Å²) in [6.07, 6.45) is 0.823. The van der Waals surface area contributed by atoms with Crippen molar-refractivity contribution >= 4 is 17.9 Å². The summed E-state index contributed by atoms with van der Waals surface area (Å²) in [6.45, 7) is 7.62. The molecule has 1 amide bonds. The lowest BCUT2D eigenvalue weighted by atomic mass is 10.1. The van der Waals surface area contributed by atoms with Gasteiger partial charge < -0.3 is 24.7 Å². The lowest BCUT2D eigenvalue weighted by molar-refractivity contribution is -0.135. The Balaban J connectivity index is 1.46. The molecular formula is C33H36N4O6. The largest absolute Gasteiger partial charge is 0.492 e. The first-order valence-electron chi connectivity index (χ1n) is 13.9. The fraction of sp³-hybridized carbons (Fsp3) is 0.273. The summed E-state index contributed by atoms with van der Waals surface area (Å²) in [7, 11) is 0. The zero-order valence-electron chi connectivity index (χ0n) is 24.7. The van der Waals surface area contributed by atoms with Crippen molar-refractivity contribution in [3.63, 3.8) is 0 Å². The summed E-state index contributed by atoms with van der Waals surface area (Å²) in [6, 6.07) is 25.1. The molecule has 4 aromatic rings. The van der Waals surface area contributed by atoms with Crippen LogP contribution < -0.4 is 24.8 Å². The van der Waals surface area contributed by atoms with Crippen molar-refractivity contribution in [1.29, 1.82) is 0 Å². The molecule has 0 radical (unpaired) electrons. The summed E-state index contributed by atoms with van der Waals surface area (Å²) in [5.41, 5.74) is 7.39. The van der Waals surface area contributed by atoms with E-state index < -0.39 is 23.7 Å². The number of amides is 1. The summed E-state index contributed by atoms with van der Waals surface area (Å²) in [5.74, 6) is 1.29. The van der Waals surface area contributed by atoms with Crippen LogP contribution in [0.15, 0.2) is 91.3 Å². The Morgan fingerprint density at radius 2 is 1.58 bits per heavy atom. The predicted octanol–water partition coefficient (Wildman–Crippen LogP) is 5.80. The number of aromatic nitrogens is 2. The molecule has 0 aliphatic carbocycles. The maximum Gasteiger partial charge on any atom is 0.416 e. The van der Waals surface area contributed by atoms with E-state index >= 15 is 0 Å². The quantitative estimate of drug-likeness (QED) is 0.172. The van der Waals surface area contributed by atoms with E-state index in [-0.39, 0.29) is 13.2 Å². The second kappa shape index (κ2) is 14.3. The van der Waals surface area contributed by atoms with Crippen molar-refractivity contribution in [2.45, 2.75) is 45.9 Å². The van der Waals surface area contributed by atoms with Crippen LogP contribution in [-0.4, -0.2) is 46.8 Å². The molecule has 1 atom stereocenters. The Morgan fingerprint density at radius 3 is 2.28 bits per heavy atom. The fourth-order valence-electron chi connectivity index (χ4n) is 3.82. The Kier molecular flexibility index (Phi) is 10.3. The number of hydrogen-bond acceptors (Lipinski definition) is 9. The molecule has 0 unspecified atom stereocenters. The lowest BCUT2D eigenvalue weighted by Crippen LogP contribution is -2.39. The van der Waals surface area contributed by atoms with Crippen LogP contribution in [-0.2, 0) is 16.1 Å². The van der Waals surface area contributed by atoms with E-state index in [1.165, 1.54) is 11.2 Å². The maximum absolute atomic E-state index is 13.2. The van der Waals surface area contributed by atoms with Crippen LogP contribution >= 0.6 is 0 Å². The van der Waals surface area contributed by atoms with Gasteiger partial charge in [0.2, 0.25) is 0 Å². The second-order valence-electron chi connectivity index (χ2n) is 10.7. The summed E-state index contributed by atoms with van der Waals surface area (Å²) in [5, 5.41) is 0. The van der Waals surface area contributed by atoms with Crippen LogP contribution in [0.2, 0.25) is 0 Å². The molecule has 0 spiro atoms. The van der Waals surface area contributed by atoms with Gasteiger partial charge in [-0.1, -0.05) is 36.4 Å². The smallest absolute Gasteiger partial charge is 0.416 e. The van der Waals surface area contributed by atoms with Gasteiger partial charge in [0, 0.05) is 17.7 Å². The molecule has 3 aromatic carbocycles. The van der Waals surface area contributed by atoms with E-state index in [1.54, 1.807) is 58.0 Å². The van der Waals surface area contributed by atoms with Crippen LogP contribution in [0.5, 0.6) is 17.2 Å². The topological polar surface area (TPSA) is 126 Å².